The summed E-state index contributed by atoms with van der Waals surface area (Å²) < 4.78 is 10.5. The lowest BCUT2D eigenvalue weighted by Crippen LogP contribution is -2.14. The number of nitrogens with zero attached hydrogens (tertiary/aromatic N) is 2. The molecule has 1 aromatic heterocycles. The predicted octanol–water partition coefficient (Wildman–Crippen LogP) is 0.973. The number of nitrogen functional groups attached to an aromatic ring is 1. The highest BCUT2D eigenvalue weighted by Crippen LogP contribution is 2.39. The molecule has 6 nitrogen and oxygen atoms in total. The molecule has 1 saturated carbocycles. The summed E-state index contributed by atoms with van der Waals surface area (Å²) in [7, 11) is 1.64. The van der Waals surface area contributed by atoms with Crippen LogP contribution in [-0.2, 0) is 4.74 Å². The molecule has 0 atom stereocenters. The number of hydrogen-bond acceptors (Lipinski definition) is 6. The number of aromatic nitrogens is 2. The first kappa shape index (κ1) is 12.1. The number of hydrogen-bond donors (Lipinski definition) is 2. The molecule has 1 aromatic rings. The van der Waals surface area contributed by atoms with Gasteiger partial charge in [-0.05, 0) is 19.8 Å². The smallest absolute Gasteiger partial charge is 0.221 e. The number of methoxy groups -OCH3 is 1. The Balaban J connectivity index is 2.18. The summed E-state index contributed by atoms with van der Waals surface area (Å²) in [6.07, 6.45) is 2.29. The van der Waals surface area contributed by atoms with Gasteiger partial charge in [-0.15, -0.1) is 0 Å². The molecule has 2 rings (SSSR count). The molecule has 0 saturated heterocycles. The predicted molar refractivity (Wildman–Crippen MR) is 63.9 cm³/mol. The molecule has 6 heteroatoms. The van der Waals surface area contributed by atoms with Gasteiger partial charge in [0.1, 0.15) is 18.2 Å². The van der Waals surface area contributed by atoms with Crippen molar-refractivity contribution in [2.45, 2.75) is 25.7 Å². The van der Waals surface area contributed by atoms with Crippen LogP contribution >= 0.6 is 0 Å². The van der Waals surface area contributed by atoms with E-state index in [1.54, 1.807) is 7.11 Å². The van der Waals surface area contributed by atoms with Gasteiger partial charge in [-0.2, -0.15) is 4.98 Å². The molecule has 1 aliphatic carbocycles. The van der Waals surface area contributed by atoms with E-state index in [1.807, 2.05) is 6.92 Å². The average molecular weight is 238 g/mol. The lowest BCUT2D eigenvalue weighted by molar-refractivity contribution is 0.143. The molecule has 0 radical (unpaired) electrons. The van der Waals surface area contributed by atoms with Crippen molar-refractivity contribution in [3.63, 3.8) is 0 Å². The van der Waals surface area contributed by atoms with Gasteiger partial charge in [0, 0.05) is 13.0 Å². The van der Waals surface area contributed by atoms with Gasteiger partial charge >= 0.3 is 0 Å². The van der Waals surface area contributed by atoms with Gasteiger partial charge in [0.05, 0.1) is 12.2 Å². The Labute approximate surface area is 101 Å². The standard InChI is InChI=1S/C11H18N4O2/c1-7-9(15-12)13-10(8-3-4-8)14-11(7)17-6-5-16-2/h8H,3-6,12H2,1-2H3,(H,13,14,15). The van der Waals surface area contributed by atoms with Crippen LogP contribution in [0.5, 0.6) is 5.88 Å². The number of nitrogens with one attached hydrogen (secondary N) is 1. The molecule has 0 amide bonds. The number of ether oxygens (including phenoxy) is 2. The second-order valence-corrected chi connectivity index (χ2v) is 4.12. The second kappa shape index (κ2) is 5.29. The van der Waals surface area contributed by atoms with E-state index in [-0.39, 0.29) is 0 Å². The Kier molecular flexibility index (Phi) is 3.75. The van der Waals surface area contributed by atoms with Gasteiger partial charge in [0.25, 0.3) is 0 Å². The van der Waals surface area contributed by atoms with E-state index in [4.69, 9.17) is 15.3 Å². The van der Waals surface area contributed by atoms with Crippen molar-refractivity contribution in [2.75, 3.05) is 25.7 Å². The van der Waals surface area contributed by atoms with Crippen molar-refractivity contribution in [1.82, 2.24) is 9.97 Å². The summed E-state index contributed by atoms with van der Waals surface area (Å²) in [5.41, 5.74) is 3.41. The van der Waals surface area contributed by atoms with Crippen molar-refractivity contribution in [3.8, 4) is 5.88 Å². The maximum absolute atomic E-state index is 5.57. The van der Waals surface area contributed by atoms with Crippen LogP contribution in [-0.4, -0.2) is 30.3 Å². The highest BCUT2D eigenvalue weighted by molar-refractivity contribution is 5.48. The third-order valence-electron chi connectivity index (χ3n) is 2.72. The van der Waals surface area contributed by atoms with Crippen molar-refractivity contribution >= 4 is 5.82 Å². The SMILES string of the molecule is COCCOc1nc(C2CC2)nc(NN)c1C. The Morgan fingerprint density at radius 1 is 1.35 bits per heavy atom. The van der Waals surface area contributed by atoms with E-state index in [0.29, 0.717) is 30.8 Å². The quantitative estimate of drug-likeness (QED) is 0.436. The maximum Gasteiger partial charge on any atom is 0.221 e. The van der Waals surface area contributed by atoms with Crippen LogP contribution in [0.4, 0.5) is 5.82 Å². The third kappa shape index (κ3) is 2.83. The van der Waals surface area contributed by atoms with Gasteiger partial charge in [-0.1, -0.05) is 0 Å². The molecule has 3 N–H and O–H groups in total. The van der Waals surface area contributed by atoms with E-state index in [2.05, 4.69) is 15.4 Å². The summed E-state index contributed by atoms with van der Waals surface area (Å²) in [6.45, 7) is 2.89. The molecular weight excluding hydrogens is 220 g/mol. The minimum absolute atomic E-state index is 0.465. The van der Waals surface area contributed by atoms with Gasteiger partial charge in [-0.3, -0.25) is 0 Å². The average Bonchev–Trinajstić information content (AvgIpc) is 3.15. The zero-order valence-electron chi connectivity index (χ0n) is 10.2. The largest absolute Gasteiger partial charge is 0.475 e. The Bertz CT molecular complexity index is 393. The lowest BCUT2D eigenvalue weighted by atomic mass is 10.3. The topological polar surface area (TPSA) is 82.3 Å². The molecule has 1 fully saturated rings. The molecule has 1 heterocycles. The Morgan fingerprint density at radius 3 is 2.71 bits per heavy atom. The zero-order valence-corrected chi connectivity index (χ0v) is 10.2. The first-order valence-corrected chi connectivity index (χ1v) is 5.73. The van der Waals surface area contributed by atoms with Crippen LogP contribution in [0.2, 0.25) is 0 Å². The summed E-state index contributed by atoms with van der Waals surface area (Å²) in [5, 5.41) is 0. The van der Waals surface area contributed by atoms with Crippen LogP contribution in [0.1, 0.15) is 30.1 Å². The van der Waals surface area contributed by atoms with Gasteiger partial charge < -0.3 is 14.9 Å². The molecule has 0 bridgehead atoms. The molecule has 0 spiro atoms. The van der Waals surface area contributed by atoms with E-state index in [9.17, 15) is 0 Å². The fraction of sp³-hybridized carbons (Fsp3) is 0.636. The van der Waals surface area contributed by atoms with Crippen LogP contribution in [0.15, 0.2) is 0 Å². The van der Waals surface area contributed by atoms with E-state index in [0.717, 1.165) is 24.2 Å². The van der Waals surface area contributed by atoms with Crippen LogP contribution in [0.3, 0.4) is 0 Å². The van der Waals surface area contributed by atoms with Crippen LogP contribution in [0, 0.1) is 6.92 Å². The van der Waals surface area contributed by atoms with Gasteiger partial charge in [-0.25, -0.2) is 10.8 Å². The maximum atomic E-state index is 5.57. The molecule has 17 heavy (non-hydrogen) atoms. The van der Waals surface area contributed by atoms with E-state index >= 15 is 0 Å². The Morgan fingerprint density at radius 2 is 2.12 bits per heavy atom. The number of hydrazine groups is 1. The van der Waals surface area contributed by atoms with Crippen molar-refractivity contribution in [1.29, 1.82) is 0 Å². The monoisotopic (exact) mass is 238 g/mol. The van der Waals surface area contributed by atoms with Crippen molar-refractivity contribution in [3.05, 3.63) is 11.4 Å². The molecule has 94 valence electrons. The third-order valence-corrected chi connectivity index (χ3v) is 2.72. The number of rotatable bonds is 6. The van der Waals surface area contributed by atoms with Crippen molar-refractivity contribution in [2.24, 2.45) is 5.84 Å². The van der Waals surface area contributed by atoms with E-state index in [1.165, 1.54) is 0 Å². The highest BCUT2D eigenvalue weighted by atomic mass is 16.5. The van der Waals surface area contributed by atoms with Crippen LogP contribution < -0.4 is 16.0 Å². The fourth-order valence-corrected chi connectivity index (χ4v) is 1.54. The first-order valence-electron chi connectivity index (χ1n) is 5.73. The fourth-order valence-electron chi connectivity index (χ4n) is 1.54. The number of anilines is 1. The summed E-state index contributed by atoms with van der Waals surface area (Å²) in [4.78, 5) is 8.81. The lowest BCUT2D eigenvalue weighted by Gasteiger charge is -2.12. The van der Waals surface area contributed by atoms with Crippen LogP contribution in [0.25, 0.3) is 0 Å². The molecule has 0 aliphatic heterocycles. The molecule has 0 unspecified atom stereocenters. The van der Waals surface area contributed by atoms with Gasteiger partial charge in [0.15, 0.2) is 0 Å². The zero-order chi connectivity index (χ0) is 12.3. The summed E-state index contributed by atoms with van der Waals surface area (Å²) >= 11 is 0. The van der Waals surface area contributed by atoms with E-state index < -0.39 is 0 Å². The summed E-state index contributed by atoms with van der Waals surface area (Å²) in [5.74, 6) is 7.95. The Hall–Kier alpha value is -1.40. The normalized spacial score (nSPS) is 14.8. The summed E-state index contributed by atoms with van der Waals surface area (Å²) in [6, 6.07) is 0. The number of nitrogens with two attached hydrogens (primary N) is 1. The second-order valence-electron chi connectivity index (χ2n) is 4.12. The minimum atomic E-state index is 0.465. The molecular formula is C11H18N4O2. The highest BCUT2D eigenvalue weighted by Gasteiger charge is 2.28. The minimum Gasteiger partial charge on any atom is -0.475 e. The molecule has 1 aliphatic rings. The van der Waals surface area contributed by atoms with Gasteiger partial charge in [0.2, 0.25) is 5.88 Å². The molecule has 0 aromatic carbocycles. The van der Waals surface area contributed by atoms with Crippen molar-refractivity contribution < 1.29 is 9.47 Å². The first-order chi connectivity index (χ1) is 8.26.